The Morgan fingerprint density at radius 3 is 3.00 bits per heavy atom. The van der Waals surface area contributed by atoms with Gasteiger partial charge in [-0.15, -0.1) is 0 Å². The predicted octanol–water partition coefficient (Wildman–Crippen LogP) is 2.50. The van der Waals surface area contributed by atoms with Crippen molar-refractivity contribution in [1.82, 2.24) is 0 Å². The molecular weight excluding hydrogens is 156 g/mol. The third-order valence-corrected chi connectivity index (χ3v) is 3.44. The van der Waals surface area contributed by atoms with Crippen molar-refractivity contribution in [3.05, 3.63) is 0 Å². The van der Waals surface area contributed by atoms with Crippen molar-refractivity contribution in [2.75, 3.05) is 11.5 Å². The zero-order valence-corrected chi connectivity index (χ0v) is 7.95. The summed E-state index contributed by atoms with van der Waals surface area (Å²) >= 11 is 2.04. The van der Waals surface area contributed by atoms with Gasteiger partial charge in [0.05, 0.1) is 0 Å². The van der Waals surface area contributed by atoms with E-state index in [9.17, 15) is 4.79 Å². The van der Waals surface area contributed by atoms with Gasteiger partial charge in [0, 0.05) is 6.42 Å². The second-order valence-corrected chi connectivity index (χ2v) is 4.47. The van der Waals surface area contributed by atoms with Crippen LogP contribution in [0.5, 0.6) is 0 Å². The molecule has 0 amide bonds. The van der Waals surface area contributed by atoms with E-state index in [1.54, 1.807) is 6.92 Å². The summed E-state index contributed by atoms with van der Waals surface area (Å²) in [6.45, 7) is 1.69. The van der Waals surface area contributed by atoms with Crippen molar-refractivity contribution >= 4 is 17.5 Å². The lowest BCUT2D eigenvalue weighted by Gasteiger charge is -2.20. The molecule has 0 bridgehead atoms. The van der Waals surface area contributed by atoms with E-state index in [0.717, 1.165) is 18.8 Å². The molecule has 11 heavy (non-hydrogen) atoms. The summed E-state index contributed by atoms with van der Waals surface area (Å²) in [5.41, 5.74) is 0. The van der Waals surface area contributed by atoms with Gasteiger partial charge in [0.25, 0.3) is 0 Å². The van der Waals surface area contributed by atoms with Crippen LogP contribution in [-0.2, 0) is 4.79 Å². The number of hydrogen-bond donors (Lipinski definition) is 0. The molecule has 64 valence electrons. The molecule has 0 radical (unpaired) electrons. The van der Waals surface area contributed by atoms with Crippen LogP contribution in [0.1, 0.15) is 32.6 Å². The molecule has 0 N–H and O–H groups in total. The van der Waals surface area contributed by atoms with E-state index < -0.39 is 0 Å². The molecule has 0 aliphatic carbocycles. The van der Waals surface area contributed by atoms with E-state index in [0.29, 0.717) is 5.78 Å². The molecule has 1 rings (SSSR count). The van der Waals surface area contributed by atoms with Gasteiger partial charge < -0.3 is 4.79 Å². The largest absolute Gasteiger partial charge is 0.300 e. The van der Waals surface area contributed by atoms with E-state index in [1.165, 1.54) is 24.3 Å². The fourth-order valence-electron chi connectivity index (χ4n) is 1.44. The Morgan fingerprint density at radius 1 is 1.64 bits per heavy atom. The van der Waals surface area contributed by atoms with E-state index >= 15 is 0 Å². The Labute approximate surface area is 72.9 Å². The van der Waals surface area contributed by atoms with Crippen LogP contribution in [0.4, 0.5) is 0 Å². The van der Waals surface area contributed by atoms with Crippen molar-refractivity contribution in [2.45, 2.75) is 32.6 Å². The minimum Gasteiger partial charge on any atom is -0.300 e. The third-order valence-electron chi connectivity index (χ3n) is 2.16. The van der Waals surface area contributed by atoms with Crippen molar-refractivity contribution in [3.63, 3.8) is 0 Å². The van der Waals surface area contributed by atoms with Gasteiger partial charge in [-0.2, -0.15) is 11.8 Å². The first-order valence-corrected chi connectivity index (χ1v) is 5.51. The highest BCUT2D eigenvalue weighted by atomic mass is 32.2. The fourth-order valence-corrected chi connectivity index (χ4v) is 2.65. The zero-order chi connectivity index (χ0) is 8.10. The molecular formula is C9H16OS. The van der Waals surface area contributed by atoms with Crippen LogP contribution in [0.3, 0.4) is 0 Å². The zero-order valence-electron chi connectivity index (χ0n) is 7.14. The summed E-state index contributed by atoms with van der Waals surface area (Å²) in [5.74, 6) is 3.79. The molecule has 1 aliphatic rings. The molecule has 0 aromatic heterocycles. The summed E-state index contributed by atoms with van der Waals surface area (Å²) in [7, 11) is 0. The first kappa shape index (κ1) is 9.11. The molecule has 0 aromatic carbocycles. The highest BCUT2D eigenvalue weighted by Crippen LogP contribution is 2.25. The van der Waals surface area contributed by atoms with E-state index in [1.807, 2.05) is 11.8 Å². The smallest absolute Gasteiger partial charge is 0.129 e. The molecule has 0 aromatic rings. The molecule has 0 saturated carbocycles. The average molecular weight is 172 g/mol. The predicted molar refractivity (Wildman–Crippen MR) is 50.0 cm³/mol. The highest BCUT2D eigenvalue weighted by molar-refractivity contribution is 7.99. The Bertz CT molecular complexity index is 128. The normalized spacial score (nSPS) is 25.0. The Kier molecular flexibility index (Phi) is 3.98. The second kappa shape index (κ2) is 4.81. The average Bonchev–Trinajstić information content (AvgIpc) is 2.03. The van der Waals surface area contributed by atoms with Gasteiger partial charge in [0.15, 0.2) is 0 Å². The number of thioether (sulfide) groups is 1. The molecule has 1 atom stereocenters. The summed E-state index contributed by atoms with van der Waals surface area (Å²) in [4.78, 5) is 10.7. The van der Waals surface area contributed by atoms with Gasteiger partial charge in [-0.3, -0.25) is 0 Å². The van der Waals surface area contributed by atoms with Gasteiger partial charge in [0.1, 0.15) is 5.78 Å². The summed E-state index contributed by atoms with van der Waals surface area (Å²) in [5, 5.41) is 0. The minimum atomic E-state index is 0.348. The fraction of sp³-hybridized carbons (Fsp3) is 0.889. The molecule has 1 fully saturated rings. The van der Waals surface area contributed by atoms with Gasteiger partial charge in [-0.25, -0.2) is 0 Å². The van der Waals surface area contributed by atoms with Gasteiger partial charge in [-0.05, 0) is 43.6 Å². The number of carbonyl (C=O) groups is 1. The molecule has 1 aliphatic heterocycles. The van der Waals surface area contributed by atoms with Crippen LogP contribution in [0.25, 0.3) is 0 Å². The monoisotopic (exact) mass is 172 g/mol. The lowest BCUT2D eigenvalue weighted by molar-refractivity contribution is -0.117. The lowest BCUT2D eigenvalue weighted by Crippen LogP contribution is -2.11. The van der Waals surface area contributed by atoms with Gasteiger partial charge in [0.2, 0.25) is 0 Å². The highest BCUT2D eigenvalue weighted by Gasteiger charge is 2.13. The van der Waals surface area contributed by atoms with Crippen LogP contribution >= 0.6 is 11.8 Å². The third kappa shape index (κ3) is 3.80. The molecule has 1 heterocycles. The van der Waals surface area contributed by atoms with Gasteiger partial charge in [-0.1, -0.05) is 0 Å². The number of Topliss-reactive ketones (excluding diaryl/α,β-unsaturated/α-hetero) is 1. The number of ketones is 1. The maximum Gasteiger partial charge on any atom is 0.129 e. The van der Waals surface area contributed by atoms with Crippen LogP contribution in [0.2, 0.25) is 0 Å². The number of carbonyl (C=O) groups excluding carboxylic acids is 1. The van der Waals surface area contributed by atoms with Crippen molar-refractivity contribution < 1.29 is 4.79 Å². The number of hydrogen-bond acceptors (Lipinski definition) is 2. The van der Waals surface area contributed by atoms with E-state index in [2.05, 4.69) is 0 Å². The van der Waals surface area contributed by atoms with Crippen LogP contribution in [0.15, 0.2) is 0 Å². The van der Waals surface area contributed by atoms with Crippen LogP contribution < -0.4 is 0 Å². The van der Waals surface area contributed by atoms with E-state index in [-0.39, 0.29) is 0 Å². The standard InChI is InChI=1S/C9H16OS/c1-8(10)4-5-9-3-2-6-11-7-9/h9H,2-7H2,1H3. The topological polar surface area (TPSA) is 17.1 Å². The number of rotatable bonds is 3. The second-order valence-electron chi connectivity index (χ2n) is 3.32. The summed E-state index contributed by atoms with van der Waals surface area (Å²) < 4.78 is 0. The van der Waals surface area contributed by atoms with Crippen molar-refractivity contribution in [1.29, 1.82) is 0 Å². The Hall–Kier alpha value is 0.0200. The maximum atomic E-state index is 10.7. The van der Waals surface area contributed by atoms with Crippen LogP contribution in [-0.4, -0.2) is 17.3 Å². The summed E-state index contributed by atoms with van der Waals surface area (Å²) in [6, 6.07) is 0. The maximum absolute atomic E-state index is 10.7. The molecule has 1 unspecified atom stereocenters. The lowest BCUT2D eigenvalue weighted by atomic mass is 9.98. The Morgan fingerprint density at radius 2 is 2.45 bits per heavy atom. The minimum absolute atomic E-state index is 0.348. The van der Waals surface area contributed by atoms with Crippen molar-refractivity contribution in [2.24, 2.45) is 5.92 Å². The van der Waals surface area contributed by atoms with Crippen molar-refractivity contribution in [3.8, 4) is 0 Å². The first-order chi connectivity index (χ1) is 5.29. The van der Waals surface area contributed by atoms with E-state index in [4.69, 9.17) is 0 Å². The quantitative estimate of drug-likeness (QED) is 0.650. The first-order valence-electron chi connectivity index (χ1n) is 4.36. The SMILES string of the molecule is CC(=O)CCC1CCCSC1. The molecule has 1 saturated heterocycles. The summed E-state index contributed by atoms with van der Waals surface area (Å²) in [6.07, 6.45) is 4.63. The van der Waals surface area contributed by atoms with Crippen LogP contribution in [0, 0.1) is 5.92 Å². The molecule has 2 heteroatoms. The Balaban J connectivity index is 2.09. The molecule has 0 spiro atoms. The molecule has 1 nitrogen and oxygen atoms in total. The van der Waals surface area contributed by atoms with Gasteiger partial charge >= 0.3 is 0 Å².